The van der Waals surface area contributed by atoms with E-state index in [2.05, 4.69) is 23.9 Å². The Kier molecular flexibility index (Phi) is 6.93. The molecule has 132 valence electrons. The molecule has 1 aromatic heterocycles. The number of phenols is 1. The molecule has 0 bridgehead atoms. The first-order valence-corrected chi connectivity index (χ1v) is 8.57. The van der Waals surface area contributed by atoms with Crippen LogP contribution in [0.4, 0.5) is 5.82 Å². The Hall–Kier alpha value is -2.21. The van der Waals surface area contributed by atoms with Gasteiger partial charge >= 0.3 is 0 Å². The predicted octanol–water partition coefficient (Wildman–Crippen LogP) is 3.40. The van der Waals surface area contributed by atoms with Gasteiger partial charge in [0, 0.05) is 25.2 Å². The van der Waals surface area contributed by atoms with Crippen molar-refractivity contribution in [3.63, 3.8) is 0 Å². The van der Waals surface area contributed by atoms with Crippen molar-refractivity contribution in [3.8, 4) is 22.8 Å². The topological polar surface area (TPSA) is 84.8 Å². The molecular formula is C18H27N3O3. The van der Waals surface area contributed by atoms with E-state index in [4.69, 9.17) is 15.0 Å². The molecule has 6 nitrogen and oxygen atoms in total. The number of aromatic hydroxyl groups is 1. The Balaban J connectivity index is 2.02. The maximum atomic E-state index is 10.2. The van der Waals surface area contributed by atoms with Gasteiger partial charge in [-0.1, -0.05) is 5.16 Å². The number of anilines is 1. The monoisotopic (exact) mass is 333 g/mol. The highest BCUT2D eigenvalue weighted by Gasteiger charge is 2.14. The van der Waals surface area contributed by atoms with Crippen molar-refractivity contribution in [1.82, 2.24) is 5.16 Å². The fourth-order valence-corrected chi connectivity index (χ4v) is 2.51. The molecule has 0 saturated heterocycles. The van der Waals surface area contributed by atoms with Gasteiger partial charge in [0.25, 0.3) is 0 Å². The number of phenolic OH excluding ortho intramolecular Hbond substituents is 1. The van der Waals surface area contributed by atoms with Crippen molar-refractivity contribution < 1.29 is 14.4 Å². The molecule has 0 aliphatic rings. The van der Waals surface area contributed by atoms with Crippen LogP contribution in [0.15, 0.2) is 28.8 Å². The van der Waals surface area contributed by atoms with Gasteiger partial charge in [-0.05, 0) is 51.8 Å². The van der Waals surface area contributed by atoms with Crippen molar-refractivity contribution in [2.24, 2.45) is 5.73 Å². The van der Waals surface area contributed by atoms with Crippen LogP contribution in [-0.4, -0.2) is 36.5 Å². The summed E-state index contributed by atoms with van der Waals surface area (Å²) in [7, 11) is 0. The highest BCUT2D eigenvalue weighted by molar-refractivity contribution is 5.68. The lowest BCUT2D eigenvalue weighted by Crippen LogP contribution is -2.21. The van der Waals surface area contributed by atoms with E-state index >= 15 is 0 Å². The summed E-state index contributed by atoms with van der Waals surface area (Å²) in [6.07, 6.45) is 3.01. The van der Waals surface area contributed by atoms with Gasteiger partial charge in [0.2, 0.25) is 0 Å². The normalized spacial score (nSPS) is 10.8. The first kappa shape index (κ1) is 18.1. The second-order valence-electron chi connectivity index (χ2n) is 5.60. The quantitative estimate of drug-likeness (QED) is 0.648. The lowest BCUT2D eigenvalue weighted by molar-refractivity contribution is 0.304. The fraction of sp³-hybridized carbons (Fsp3) is 0.500. The largest absolute Gasteiger partial charge is 0.507 e. The molecule has 2 aromatic rings. The smallest absolute Gasteiger partial charge is 0.172 e. The van der Waals surface area contributed by atoms with E-state index in [1.807, 2.05) is 12.1 Å². The SMILES string of the molecule is CCN(CC)c1cc(-c2ccc(OCCCCCN)cc2O)on1. The minimum atomic E-state index is 0.122. The molecule has 0 atom stereocenters. The summed E-state index contributed by atoms with van der Waals surface area (Å²) in [5.74, 6) is 2.09. The summed E-state index contributed by atoms with van der Waals surface area (Å²) in [4.78, 5) is 2.09. The van der Waals surface area contributed by atoms with Crippen LogP contribution in [-0.2, 0) is 0 Å². The second kappa shape index (κ2) is 9.17. The number of hydrogen-bond donors (Lipinski definition) is 2. The molecule has 1 aromatic carbocycles. The number of hydrogen-bond acceptors (Lipinski definition) is 6. The van der Waals surface area contributed by atoms with Gasteiger partial charge in [-0.25, -0.2) is 0 Å². The predicted molar refractivity (Wildman–Crippen MR) is 95.6 cm³/mol. The molecule has 3 N–H and O–H groups in total. The highest BCUT2D eigenvalue weighted by Crippen LogP contribution is 2.34. The van der Waals surface area contributed by atoms with Gasteiger partial charge in [-0.3, -0.25) is 0 Å². The third kappa shape index (κ3) is 4.64. The van der Waals surface area contributed by atoms with Crippen LogP contribution in [0.1, 0.15) is 33.1 Å². The number of benzene rings is 1. The van der Waals surface area contributed by atoms with Gasteiger partial charge in [-0.2, -0.15) is 0 Å². The Bertz CT molecular complexity index is 624. The minimum absolute atomic E-state index is 0.122. The molecule has 0 unspecified atom stereocenters. The molecule has 0 fully saturated rings. The summed E-state index contributed by atoms with van der Waals surface area (Å²) in [5.41, 5.74) is 6.07. The number of nitrogens with two attached hydrogens (primary N) is 1. The summed E-state index contributed by atoms with van der Waals surface area (Å²) in [5, 5.41) is 14.3. The van der Waals surface area contributed by atoms with Crippen molar-refractivity contribution >= 4 is 5.82 Å². The zero-order chi connectivity index (χ0) is 17.4. The second-order valence-corrected chi connectivity index (χ2v) is 5.60. The molecule has 6 heteroatoms. The van der Waals surface area contributed by atoms with E-state index in [0.29, 0.717) is 30.2 Å². The molecule has 1 heterocycles. The van der Waals surface area contributed by atoms with E-state index < -0.39 is 0 Å². The van der Waals surface area contributed by atoms with E-state index in [-0.39, 0.29) is 5.75 Å². The van der Waals surface area contributed by atoms with Crippen LogP contribution >= 0.6 is 0 Å². The molecule has 2 rings (SSSR count). The maximum Gasteiger partial charge on any atom is 0.172 e. The Morgan fingerprint density at radius 2 is 1.96 bits per heavy atom. The van der Waals surface area contributed by atoms with Crippen molar-refractivity contribution in [2.45, 2.75) is 33.1 Å². The van der Waals surface area contributed by atoms with Crippen LogP contribution in [0.5, 0.6) is 11.5 Å². The van der Waals surface area contributed by atoms with Crippen molar-refractivity contribution in [3.05, 3.63) is 24.3 Å². The zero-order valence-corrected chi connectivity index (χ0v) is 14.5. The van der Waals surface area contributed by atoms with E-state index in [9.17, 15) is 5.11 Å². The number of aromatic nitrogens is 1. The first-order chi connectivity index (χ1) is 11.7. The first-order valence-electron chi connectivity index (χ1n) is 8.57. The van der Waals surface area contributed by atoms with Crippen molar-refractivity contribution in [2.75, 3.05) is 31.1 Å². The molecule has 24 heavy (non-hydrogen) atoms. The van der Waals surface area contributed by atoms with Crippen LogP contribution in [0, 0.1) is 0 Å². The summed E-state index contributed by atoms with van der Waals surface area (Å²) >= 11 is 0. The molecule has 0 saturated carbocycles. The molecule has 0 aliphatic heterocycles. The maximum absolute atomic E-state index is 10.2. The van der Waals surface area contributed by atoms with Crippen molar-refractivity contribution in [1.29, 1.82) is 0 Å². The number of nitrogens with zero attached hydrogens (tertiary/aromatic N) is 2. The standard InChI is InChI=1S/C18H27N3O3/c1-3-21(4-2)18-13-17(24-20-18)15-9-8-14(12-16(15)22)23-11-7-5-6-10-19/h8-9,12-13,22H,3-7,10-11,19H2,1-2H3. The van der Waals surface area contributed by atoms with Crippen LogP contribution in [0.3, 0.4) is 0 Å². The van der Waals surface area contributed by atoms with Gasteiger partial charge in [0.15, 0.2) is 11.6 Å². The Labute approximate surface area is 143 Å². The summed E-state index contributed by atoms with van der Waals surface area (Å²) in [6, 6.07) is 7.07. The molecule has 0 radical (unpaired) electrons. The average molecular weight is 333 g/mol. The third-order valence-electron chi connectivity index (χ3n) is 3.94. The Morgan fingerprint density at radius 1 is 1.17 bits per heavy atom. The van der Waals surface area contributed by atoms with Crippen LogP contribution in [0.2, 0.25) is 0 Å². The number of unbranched alkanes of at least 4 members (excludes halogenated alkanes) is 2. The van der Waals surface area contributed by atoms with Gasteiger partial charge in [0.05, 0.1) is 12.2 Å². The van der Waals surface area contributed by atoms with E-state index in [1.165, 1.54) is 0 Å². The summed E-state index contributed by atoms with van der Waals surface area (Å²) < 4.78 is 11.0. The molecule has 0 spiro atoms. The highest BCUT2D eigenvalue weighted by atomic mass is 16.5. The van der Waals surface area contributed by atoms with Crippen LogP contribution in [0.25, 0.3) is 11.3 Å². The number of rotatable bonds is 10. The van der Waals surface area contributed by atoms with Crippen LogP contribution < -0.4 is 15.4 Å². The number of ether oxygens (including phenoxy) is 1. The van der Waals surface area contributed by atoms with E-state index in [1.54, 1.807) is 12.1 Å². The minimum Gasteiger partial charge on any atom is -0.507 e. The summed E-state index contributed by atoms with van der Waals surface area (Å²) in [6.45, 7) is 7.16. The van der Waals surface area contributed by atoms with Gasteiger partial charge < -0.3 is 25.0 Å². The van der Waals surface area contributed by atoms with E-state index in [0.717, 1.165) is 38.2 Å². The zero-order valence-electron chi connectivity index (χ0n) is 14.5. The molecular weight excluding hydrogens is 306 g/mol. The van der Waals surface area contributed by atoms with Gasteiger partial charge in [-0.15, -0.1) is 0 Å². The molecule has 0 aliphatic carbocycles. The lowest BCUT2D eigenvalue weighted by atomic mass is 10.1. The molecule has 0 amide bonds. The average Bonchev–Trinajstić information content (AvgIpc) is 3.05. The fourth-order valence-electron chi connectivity index (χ4n) is 2.51. The third-order valence-corrected chi connectivity index (χ3v) is 3.94. The van der Waals surface area contributed by atoms with Gasteiger partial charge in [0.1, 0.15) is 11.5 Å². The Morgan fingerprint density at radius 3 is 2.62 bits per heavy atom. The lowest BCUT2D eigenvalue weighted by Gasteiger charge is -2.15.